The molecule has 2 atom stereocenters. The van der Waals surface area contributed by atoms with Crippen LogP contribution in [0, 0.1) is 0 Å². The maximum absolute atomic E-state index is 11.3. The van der Waals surface area contributed by atoms with Gasteiger partial charge in [-0.05, 0) is 42.2 Å². The second-order valence-electron chi connectivity index (χ2n) is 6.36. The first kappa shape index (κ1) is 23.4. The Morgan fingerprint density at radius 3 is 2.37 bits per heavy atom. The Balaban J connectivity index is 0.00000364. The summed E-state index contributed by atoms with van der Waals surface area (Å²) in [4.78, 5) is 11.3. The first-order valence-electron chi connectivity index (χ1n) is 8.68. The topological polar surface area (TPSA) is 47.6 Å². The lowest BCUT2D eigenvalue weighted by molar-refractivity contribution is -0.139. The van der Waals surface area contributed by atoms with Crippen LogP contribution in [-0.4, -0.2) is 32.8 Å². The summed E-state index contributed by atoms with van der Waals surface area (Å²) < 4.78 is 10.3. The molecule has 4 nitrogen and oxygen atoms in total. The van der Waals surface area contributed by atoms with Crippen LogP contribution in [-0.2, 0) is 27.1 Å². The van der Waals surface area contributed by atoms with Crippen molar-refractivity contribution in [3.05, 3.63) is 70.2 Å². The van der Waals surface area contributed by atoms with Crippen molar-refractivity contribution < 1.29 is 14.3 Å². The largest absolute Gasteiger partial charge is 0.469 e. The van der Waals surface area contributed by atoms with Gasteiger partial charge in [-0.15, -0.1) is 12.4 Å². The van der Waals surface area contributed by atoms with Crippen LogP contribution in [0.3, 0.4) is 0 Å². The van der Waals surface area contributed by atoms with Crippen LogP contribution >= 0.6 is 24.0 Å². The Morgan fingerprint density at radius 1 is 1.11 bits per heavy atom. The zero-order valence-electron chi connectivity index (χ0n) is 15.9. The van der Waals surface area contributed by atoms with Crippen molar-refractivity contribution in [2.45, 2.75) is 31.9 Å². The fourth-order valence-electron chi connectivity index (χ4n) is 2.81. The van der Waals surface area contributed by atoms with Crippen molar-refractivity contribution in [2.75, 3.05) is 20.8 Å². The lowest BCUT2D eigenvalue weighted by Crippen LogP contribution is -2.32. The van der Waals surface area contributed by atoms with Crippen LogP contribution in [0.1, 0.15) is 29.7 Å². The van der Waals surface area contributed by atoms with Gasteiger partial charge in [0.2, 0.25) is 0 Å². The molecule has 27 heavy (non-hydrogen) atoms. The summed E-state index contributed by atoms with van der Waals surface area (Å²) in [6, 6.07) is 16.1. The highest BCUT2D eigenvalue weighted by Crippen LogP contribution is 2.20. The average Bonchev–Trinajstić information content (AvgIpc) is 2.64. The van der Waals surface area contributed by atoms with Crippen LogP contribution in [0.25, 0.3) is 0 Å². The predicted molar refractivity (Wildman–Crippen MR) is 112 cm³/mol. The fraction of sp³-hybridized carbons (Fsp3) is 0.381. The molecule has 0 aliphatic carbocycles. The minimum Gasteiger partial charge on any atom is -0.469 e. The molecule has 0 aliphatic rings. The number of carbonyl (C=O) groups is 1. The van der Waals surface area contributed by atoms with Crippen LogP contribution in [0.2, 0.25) is 5.02 Å². The summed E-state index contributed by atoms with van der Waals surface area (Å²) >= 11 is 6.06. The third-order valence-corrected chi connectivity index (χ3v) is 4.53. The third-order valence-electron chi connectivity index (χ3n) is 4.30. The molecule has 148 valence electrons. The Hall–Kier alpha value is -1.59. The number of methoxy groups -OCH3 is 2. The maximum atomic E-state index is 11.3. The van der Waals surface area contributed by atoms with Gasteiger partial charge in [0.05, 0.1) is 19.6 Å². The Labute approximate surface area is 172 Å². The van der Waals surface area contributed by atoms with Gasteiger partial charge in [0, 0.05) is 24.7 Å². The number of nitrogens with one attached hydrogen (secondary N) is 1. The van der Waals surface area contributed by atoms with Crippen LogP contribution < -0.4 is 5.32 Å². The Bertz CT molecular complexity index is 707. The zero-order valence-corrected chi connectivity index (χ0v) is 17.5. The second-order valence-corrected chi connectivity index (χ2v) is 6.80. The van der Waals surface area contributed by atoms with Crippen molar-refractivity contribution in [3.63, 3.8) is 0 Å². The van der Waals surface area contributed by atoms with E-state index in [0.29, 0.717) is 24.0 Å². The molecule has 2 aromatic carbocycles. The molecule has 6 heteroatoms. The van der Waals surface area contributed by atoms with Crippen molar-refractivity contribution in [1.82, 2.24) is 5.32 Å². The molecule has 1 N–H and O–H groups in total. The fourth-order valence-corrected chi connectivity index (χ4v) is 3.01. The van der Waals surface area contributed by atoms with E-state index in [0.717, 1.165) is 17.5 Å². The van der Waals surface area contributed by atoms with Gasteiger partial charge in [0.25, 0.3) is 0 Å². The molecular formula is C21H27Cl2NO3. The minimum atomic E-state index is -0.223. The van der Waals surface area contributed by atoms with Gasteiger partial charge in [-0.3, -0.25) is 4.79 Å². The van der Waals surface area contributed by atoms with E-state index >= 15 is 0 Å². The molecule has 0 fully saturated rings. The lowest BCUT2D eigenvalue weighted by atomic mass is 10.0. The van der Waals surface area contributed by atoms with Crippen molar-refractivity contribution in [1.29, 1.82) is 0 Å². The minimum absolute atomic E-state index is 0. The number of benzene rings is 2. The average molecular weight is 412 g/mol. The molecular weight excluding hydrogens is 385 g/mol. The molecule has 0 saturated heterocycles. The van der Waals surface area contributed by atoms with Crippen LogP contribution in [0.4, 0.5) is 0 Å². The summed E-state index contributed by atoms with van der Waals surface area (Å²) in [7, 11) is 3.11. The number of esters is 1. The summed E-state index contributed by atoms with van der Waals surface area (Å²) in [6.07, 6.45) is 1.16. The molecule has 0 aliphatic heterocycles. The van der Waals surface area contributed by atoms with Gasteiger partial charge in [-0.1, -0.05) is 48.0 Å². The zero-order chi connectivity index (χ0) is 18.9. The van der Waals surface area contributed by atoms with Crippen LogP contribution in [0.5, 0.6) is 0 Å². The molecule has 0 heterocycles. The molecule has 0 aromatic heterocycles. The number of hydrogen-bond acceptors (Lipinski definition) is 4. The second kappa shape index (κ2) is 12.0. The summed E-state index contributed by atoms with van der Waals surface area (Å²) in [5.41, 5.74) is 3.24. The highest BCUT2D eigenvalue weighted by molar-refractivity contribution is 6.30. The van der Waals surface area contributed by atoms with Gasteiger partial charge < -0.3 is 14.8 Å². The normalized spacial score (nSPS) is 12.7. The van der Waals surface area contributed by atoms with Crippen molar-refractivity contribution in [2.24, 2.45) is 0 Å². The van der Waals surface area contributed by atoms with Gasteiger partial charge >= 0.3 is 5.97 Å². The Morgan fingerprint density at radius 2 is 1.78 bits per heavy atom. The van der Waals surface area contributed by atoms with Gasteiger partial charge in [0.15, 0.2) is 0 Å². The van der Waals surface area contributed by atoms with E-state index in [9.17, 15) is 4.79 Å². The number of halogens is 2. The number of hydrogen-bond donors (Lipinski definition) is 1. The highest BCUT2D eigenvalue weighted by Gasteiger charge is 2.13. The number of carbonyl (C=O) groups excluding carboxylic acids is 1. The predicted octanol–water partition coefficient (Wildman–Crippen LogP) is 4.39. The van der Waals surface area contributed by atoms with Gasteiger partial charge in [-0.25, -0.2) is 0 Å². The first-order valence-corrected chi connectivity index (χ1v) is 9.06. The monoisotopic (exact) mass is 411 g/mol. The maximum Gasteiger partial charge on any atom is 0.309 e. The highest BCUT2D eigenvalue weighted by atomic mass is 35.5. The lowest BCUT2D eigenvalue weighted by Gasteiger charge is -2.20. The van der Waals surface area contributed by atoms with E-state index < -0.39 is 0 Å². The molecule has 0 radical (unpaired) electrons. The van der Waals surface area contributed by atoms with E-state index in [1.54, 1.807) is 7.11 Å². The van der Waals surface area contributed by atoms with E-state index in [-0.39, 0.29) is 24.5 Å². The molecule has 0 amide bonds. The van der Waals surface area contributed by atoms with E-state index in [2.05, 4.69) is 29.1 Å². The van der Waals surface area contributed by atoms with Crippen molar-refractivity contribution in [3.8, 4) is 0 Å². The molecule has 0 saturated carbocycles. The summed E-state index contributed by atoms with van der Waals surface area (Å²) in [5, 5.41) is 4.23. The Kier molecular flexibility index (Phi) is 10.4. The number of rotatable bonds is 9. The number of ether oxygens (including phenoxy) is 2. The summed E-state index contributed by atoms with van der Waals surface area (Å²) in [6.45, 7) is 2.85. The van der Waals surface area contributed by atoms with Crippen molar-refractivity contribution >= 4 is 30.0 Å². The molecule has 0 spiro atoms. The van der Waals surface area contributed by atoms with E-state index in [4.69, 9.17) is 16.3 Å². The molecule has 0 bridgehead atoms. The van der Waals surface area contributed by atoms with E-state index in [1.165, 1.54) is 12.7 Å². The van der Waals surface area contributed by atoms with Gasteiger partial charge in [0.1, 0.15) is 0 Å². The smallest absolute Gasteiger partial charge is 0.309 e. The van der Waals surface area contributed by atoms with Gasteiger partial charge in [-0.2, -0.15) is 0 Å². The quantitative estimate of drug-likeness (QED) is 0.621. The SMILES string of the molecule is COC(=O)Cc1ccc(CC(C)NCC(OC)c2cccc(Cl)c2)cc1.Cl. The van der Waals surface area contributed by atoms with E-state index in [1.807, 2.05) is 36.4 Å². The molecule has 2 rings (SSSR count). The standard InChI is InChI=1S/C21H26ClNO3.ClH/c1-15(11-16-7-9-17(10-8-16)12-21(24)26-3)23-14-20(25-2)18-5-4-6-19(22)13-18;/h4-10,13,15,20,23H,11-12,14H2,1-3H3;1H. The molecule has 2 unspecified atom stereocenters. The first-order chi connectivity index (χ1) is 12.5. The third kappa shape index (κ3) is 7.89. The van der Waals surface area contributed by atoms with Crippen LogP contribution in [0.15, 0.2) is 48.5 Å². The molecule has 2 aromatic rings. The summed E-state index contributed by atoms with van der Waals surface area (Å²) in [5.74, 6) is -0.223.